The Morgan fingerprint density at radius 1 is 1.22 bits per heavy atom. The van der Waals surface area contributed by atoms with Gasteiger partial charge in [-0.15, -0.1) is 0 Å². The van der Waals surface area contributed by atoms with Gasteiger partial charge in [-0.25, -0.2) is 0 Å². The minimum atomic E-state index is 0.544. The minimum Gasteiger partial charge on any atom is -0.253 e. The Hall–Kier alpha value is 1.08. The van der Waals surface area contributed by atoms with Gasteiger partial charge in [-0.3, -0.25) is 10.9 Å². The Morgan fingerprint density at radius 3 is 2.44 bits per heavy atom. The van der Waals surface area contributed by atoms with Gasteiger partial charge < -0.3 is 0 Å². The van der Waals surface area contributed by atoms with Gasteiger partial charge in [0.15, 0.2) is 0 Å². The highest BCUT2D eigenvalue weighted by Crippen LogP contribution is 2.34. The van der Waals surface area contributed by atoms with E-state index in [4.69, 9.17) is 0 Å². The first kappa shape index (κ1) is 8.18. The summed E-state index contributed by atoms with van der Waals surface area (Å²) in [4.78, 5) is 0. The van der Waals surface area contributed by atoms with Crippen LogP contribution >= 0.6 is 33.5 Å². The maximum absolute atomic E-state index is 2.48. The molecule has 0 N–H and O–H groups in total. The van der Waals surface area contributed by atoms with Gasteiger partial charge in [0.2, 0.25) is 0 Å². The van der Waals surface area contributed by atoms with Crippen LogP contribution in [-0.4, -0.2) is 21.7 Å². The van der Waals surface area contributed by atoms with Crippen LogP contribution < -0.4 is 0 Å². The molecule has 0 spiro atoms. The summed E-state index contributed by atoms with van der Waals surface area (Å²) in [5.74, 6) is 4.75. The van der Waals surface area contributed by atoms with Crippen LogP contribution in [0.15, 0.2) is 0 Å². The molecule has 0 saturated carbocycles. The highest BCUT2D eigenvalue weighted by atomic mass is 127. The monoisotopic (exact) mass is 258 g/mol. The van der Waals surface area contributed by atoms with Crippen LogP contribution in [0, 0.1) is 0 Å². The molecular weight excluding hydrogens is 243 g/mol. The van der Waals surface area contributed by atoms with Crippen molar-refractivity contribution in [1.29, 1.82) is 0 Å². The predicted molar refractivity (Wildman–Crippen MR) is 56.3 cm³/mol. The first-order valence-electron chi connectivity index (χ1n) is 3.72. The van der Waals surface area contributed by atoms with Gasteiger partial charge in [0.05, 0.1) is 0 Å². The fourth-order valence-corrected chi connectivity index (χ4v) is 4.89. The molecule has 1 aliphatic heterocycles. The zero-order chi connectivity index (χ0) is 6.53. The van der Waals surface area contributed by atoms with E-state index in [2.05, 4.69) is 22.6 Å². The van der Waals surface area contributed by atoms with E-state index >= 15 is 0 Å². The predicted octanol–water partition coefficient (Wildman–Crippen LogP) is 2.61. The maximum atomic E-state index is 2.48. The van der Waals surface area contributed by atoms with E-state index in [-0.39, 0.29) is 0 Å². The summed E-state index contributed by atoms with van der Waals surface area (Å²) < 4.78 is 1.37. The zero-order valence-electron chi connectivity index (χ0n) is 5.77. The van der Waals surface area contributed by atoms with Gasteiger partial charge in [-0.05, 0) is 36.5 Å². The molecule has 1 rings (SSSR count). The van der Waals surface area contributed by atoms with E-state index in [1.807, 2.05) is 0 Å². The van der Waals surface area contributed by atoms with E-state index in [0.29, 0.717) is 10.9 Å². The van der Waals surface area contributed by atoms with Gasteiger partial charge in [-0.1, -0.05) is 22.6 Å². The minimum absolute atomic E-state index is 0.544. The summed E-state index contributed by atoms with van der Waals surface area (Å²) in [6.07, 6.45) is 4.55. The topological polar surface area (TPSA) is 0 Å². The molecule has 1 fully saturated rings. The first-order chi connectivity index (χ1) is 4.43. The normalized spacial score (nSPS) is 23.0. The second kappa shape index (κ2) is 4.83. The largest absolute Gasteiger partial charge is 0.253 e. The fraction of sp³-hybridized carbons (Fsp3) is 1.00. The molecule has 0 aromatic heterocycles. The number of alkyl halides is 1. The number of rotatable bonds is 3. The molecule has 0 aromatic carbocycles. The lowest BCUT2D eigenvalue weighted by Crippen LogP contribution is -1.90. The second-order valence-electron chi connectivity index (χ2n) is 2.59. The Kier molecular flexibility index (Phi) is 4.39. The Labute approximate surface area is 74.3 Å². The van der Waals surface area contributed by atoms with Crippen molar-refractivity contribution in [2.75, 3.05) is 21.7 Å². The highest BCUT2D eigenvalue weighted by molar-refractivity contribution is 14.1. The molecule has 0 bridgehead atoms. The molecule has 0 aliphatic carbocycles. The molecule has 0 amide bonds. The van der Waals surface area contributed by atoms with Crippen molar-refractivity contribution < 1.29 is 0 Å². The molecule has 0 radical (unpaired) electrons. The van der Waals surface area contributed by atoms with Crippen LogP contribution in [0.1, 0.15) is 19.3 Å². The third kappa shape index (κ3) is 3.12. The molecule has 2 heteroatoms. The standard InChI is InChI=1S/C7H15IS/c8-4-3-7-9-5-1-2-6-9/h9H,1-7H2. The lowest BCUT2D eigenvalue weighted by Gasteiger charge is -2.11. The average molecular weight is 258 g/mol. The molecule has 9 heavy (non-hydrogen) atoms. The summed E-state index contributed by atoms with van der Waals surface area (Å²) in [5, 5.41) is 0. The third-order valence-corrected chi connectivity index (χ3v) is 5.42. The number of hydrogen-bond acceptors (Lipinski definition) is 0. The molecule has 56 valence electrons. The van der Waals surface area contributed by atoms with Gasteiger partial charge in [0.25, 0.3) is 0 Å². The average Bonchev–Trinajstić information content (AvgIpc) is 2.34. The van der Waals surface area contributed by atoms with Crippen molar-refractivity contribution in [2.24, 2.45) is 0 Å². The van der Waals surface area contributed by atoms with Crippen LogP contribution in [0.5, 0.6) is 0 Å². The van der Waals surface area contributed by atoms with E-state index in [1.54, 1.807) is 17.3 Å². The number of hydrogen-bond donors (Lipinski definition) is 1. The Morgan fingerprint density at radius 2 is 1.89 bits per heavy atom. The van der Waals surface area contributed by atoms with Gasteiger partial charge in [0.1, 0.15) is 0 Å². The first-order valence-corrected chi connectivity index (χ1v) is 7.14. The van der Waals surface area contributed by atoms with Crippen LogP contribution in [0.4, 0.5) is 0 Å². The molecule has 1 aliphatic rings. The smallest absolute Gasteiger partial charge is 0.000248 e. The summed E-state index contributed by atoms with van der Waals surface area (Å²) in [5.41, 5.74) is 0. The summed E-state index contributed by atoms with van der Waals surface area (Å²) in [6, 6.07) is 0. The van der Waals surface area contributed by atoms with E-state index in [0.717, 1.165) is 0 Å². The zero-order valence-corrected chi connectivity index (χ0v) is 8.83. The van der Waals surface area contributed by atoms with Crippen molar-refractivity contribution in [3.63, 3.8) is 0 Å². The van der Waals surface area contributed by atoms with Crippen molar-refractivity contribution in [3.8, 4) is 0 Å². The molecule has 0 atom stereocenters. The maximum Gasteiger partial charge on any atom is 0.000248 e. The van der Waals surface area contributed by atoms with Gasteiger partial charge in [0, 0.05) is 4.43 Å². The Bertz CT molecular complexity index is 69.3. The van der Waals surface area contributed by atoms with Gasteiger partial charge in [-0.2, -0.15) is 0 Å². The van der Waals surface area contributed by atoms with Crippen LogP contribution in [0.2, 0.25) is 0 Å². The highest BCUT2D eigenvalue weighted by Gasteiger charge is 2.09. The van der Waals surface area contributed by atoms with Crippen molar-refractivity contribution >= 4 is 33.5 Å². The van der Waals surface area contributed by atoms with Gasteiger partial charge >= 0.3 is 0 Å². The fourth-order valence-electron chi connectivity index (χ4n) is 1.29. The van der Waals surface area contributed by atoms with E-state index in [9.17, 15) is 0 Å². The molecule has 0 nitrogen and oxygen atoms in total. The summed E-state index contributed by atoms with van der Waals surface area (Å²) in [6.45, 7) is 0. The Balaban J connectivity index is 1.98. The van der Waals surface area contributed by atoms with Crippen molar-refractivity contribution in [1.82, 2.24) is 0 Å². The van der Waals surface area contributed by atoms with Crippen molar-refractivity contribution in [3.05, 3.63) is 0 Å². The lowest BCUT2D eigenvalue weighted by atomic mass is 10.4. The summed E-state index contributed by atoms with van der Waals surface area (Å²) >= 11 is 2.48. The third-order valence-electron chi connectivity index (χ3n) is 1.81. The van der Waals surface area contributed by atoms with E-state index in [1.165, 1.54) is 23.7 Å². The quantitative estimate of drug-likeness (QED) is 0.449. The van der Waals surface area contributed by atoms with Crippen LogP contribution in [0.3, 0.4) is 0 Å². The van der Waals surface area contributed by atoms with Crippen LogP contribution in [-0.2, 0) is 0 Å². The second-order valence-corrected chi connectivity index (χ2v) is 6.35. The molecule has 1 heterocycles. The molecule has 0 aromatic rings. The number of thiol groups is 1. The van der Waals surface area contributed by atoms with E-state index < -0.39 is 0 Å². The number of halogens is 1. The summed E-state index contributed by atoms with van der Waals surface area (Å²) in [7, 11) is 0.544. The van der Waals surface area contributed by atoms with Crippen LogP contribution in [0.25, 0.3) is 0 Å². The van der Waals surface area contributed by atoms with Crippen molar-refractivity contribution in [2.45, 2.75) is 19.3 Å². The SMILES string of the molecule is ICCC[SH]1CCCC1. The molecule has 1 saturated heterocycles. The molecular formula is C7H15IS. The molecule has 0 unspecified atom stereocenters. The lowest BCUT2D eigenvalue weighted by molar-refractivity contribution is 0.949.